The summed E-state index contributed by atoms with van der Waals surface area (Å²) in [6, 6.07) is 3.61. The molecule has 17 heavy (non-hydrogen) atoms. The second-order valence-electron chi connectivity index (χ2n) is 4.34. The van der Waals surface area contributed by atoms with Crippen LogP contribution in [0.25, 0.3) is 5.69 Å². The van der Waals surface area contributed by atoms with E-state index in [2.05, 4.69) is 10.3 Å². The van der Waals surface area contributed by atoms with Crippen LogP contribution in [0.4, 0.5) is 8.78 Å². The monoisotopic (exact) mass is 238 g/mol. The van der Waals surface area contributed by atoms with Crippen LogP contribution in [0.5, 0.6) is 0 Å². The van der Waals surface area contributed by atoms with E-state index in [1.54, 1.807) is 13.8 Å². The van der Waals surface area contributed by atoms with E-state index in [1.807, 2.05) is 0 Å². The SMILES string of the molecule is CC(C)(N)c1cn(-c2c(F)cccc2F)nn1. The van der Waals surface area contributed by atoms with Gasteiger partial charge in [0.15, 0.2) is 11.6 Å². The van der Waals surface area contributed by atoms with Crippen molar-refractivity contribution in [3.8, 4) is 5.69 Å². The molecular formula is C11H12F2N4. The van der Waals surface area contributed by atoms with Crippen molar-refractivity contribution in [2.24, 2.45) is 5.73 Å². The standard InChI is InChI=1S/C11H12F2N4/c1-11(2,14)9-6-17(16-15-9)10-7(12)4-3-5-8(10)13/h3-6H,14H2,1-2H3. The maximum absolute atomic E-state index is 13.5. The number of para-hydroxylation sites is 1. The summed E-state index contributed by atoms with van der Waals surface area (Å²) in [4.78, 5) is 0. The fourth-order valence-electron chi connectivity index (χ4n) is 1.38. The van der Waals surface area contributed by atoms with Crippen molar-refractivity contribution < 1.29 is 8.78 Å². The molecule has 2 N–H and O–H groups in total. The maximum Gasteiger partial charge on any atom is 0.151 e. The lowest BCUT2D eigenvalue weighted by Crippen LogP contribution is -2.29. The molecule has 0 spiro atoms. The van der Waals surface area contributed by atoms with Gasteiger partial charge in [-0.1, -0.05) is 11.3 Å². The summed E-state index contributed by atoms with van der Waals surface area (Å²) in [7, 11) is 0. The molecule has 0 fully saturated rings. The first kappa shape index (κ1) is 11.7. The first-order chi connectivity index (χ1) is 7.89. The molecule has 0 aliphatic heterocycles. The van der Waals surface area contributed by atoms with Crippen molar-refractivity contribution in [3.05, 3.63) is 41.7 Å². The Kier molecular flexibility index (Phi) is 2.66. The molecule has 0 aliphatic rings. The van der Waals surface area contributed by atoms with Crippen LogP contribution < -0.4 is 5.73 Å². The molecule has 0 bridgehead atoms. The van der Waals surface area contributed by atoms with Gasteiger partial charge in [-0.3, -0.25) is 0 Å². The van der Waals surface area contributed by atoms with E-state index in [0.717, 1.165) is 16.8 Å². The fraction of sp³-hybridized carbons (Fsp3) is 0.273. The number of halogens is 2. The van der Waals surface area contributed by atoms with Gasteiger partial charge >= 0.3 is 0 Å². The Bertz CT molecular complexity index is 522. The van der Waals surface area contributed by atoms with Gasteiger partial charge in [-0.2, -0.15) is 0 Å². The van der Waals surface area contributed by atoms with Crippen LogP contribution in [0, 0.1) is 11.6 Å². The molecule has 2 rings (SSSR count). The van der Waals surface area contributed by atoms with E-state index >= 15 is 0 Å². The fourth-order valence-corrected chi connectivity index (χ4v) is 1.38. The quantitative estimate of drug-likeness (QED) is 0.867. The molecule has 0 saturated carbocycles. The number of nitrogens with zero attached hydrogens (tertiary/aromatic N) is 3. The van der Waals surface area contributed by atoms with Crippen LogP contribution in [-0.2, 0) is 5.54 Å². The minimum atomic E-state index is -0.708. The van der Waals surface area contributed by atoms with E-state index in [-0.39, 0.29) is 5.69 Å². The molecular weight excluding hydrogens is 226 g/mol. The van der Waals surface area contributed by atoms with Crippen molar-refractivity contribution >= 4 is 0 Å². The van der Waals surface area contributed by atoms with E-state index in [4.69, 9.17) is 5.73 Å². The maximum atomic E-state index is 13.5. The summed E-state index contributed by atoms with van der Waals surface area (Å²) in [5, 5.41) is 7.48. The van der Waals surface area contributed by atoms with Gasteiger partial charge in [0, 0.05) is 0 Å². The molecule has 90 valence electrons. The van der Waals surface area contributed by atoms with Crippen LogP contribution in [0.15, 0.2) is 24.4 Å². The summed E-state index contributed by atoms with van der Waals surface area (Å²) < 4.78 is 28.0. The Labute approximate surface area is 97.0 Å². The zero-order valence-electron chi connectivity index (χ0n) is 9.48. The predicted molar refractivity (Wildman–Crippen MR) is 58.5 cm³/mol. The average Bonchev–Trinajstić information content (AvgIpc) is 2.65. The van der Waals surface area contributed by atoms with Gasteiger partial charge < -0.3 is 5.73 Å². The second kappa shape index (κ2) is 3.89. The highest BCUT2D eigenvalue weighted by Crippen LogP contribution is 2.19. The van der Waals surface area contributed by atoms with Crippen molar-refractivity contribution in [1.29, 1.82) is 0 Å². The van der Waals surface area contributed by atoms with Crippen molar-refractivity contribution in [2.75, 3.05) is 0 Å². The molecule has 2 aromatic rings. The van der Waals surface area contributed by atoms with Crippen molar-refractivity contribution in [1.82, 2.24) is 15.0 Å². The third kappa shape index (κ3) is 2.16. The lowest BCUT2D eigenvalue weighted by atomic mass is 10.0. The highest BCUT2D eigenvalue weighted by atomic mass is 19.1. The molecule has 0 atom stereocenters. The lowest BCUT2D eigenvalue weighted by Gasteiger charge is -2.13. The third-order valence-corrected chi connectivity index (χ3v) is 2.32. The van der Waals surface area contributed by atoms with Crippen LogP contribution in [0.3, 0.4) is 0 Å². The van der Waals surface area contributed by atoms with Gasteiger partial charge in [0.1, 0.15) is 11.4 Å². The molecule has 1 aromatic heterocycles. The molecule has 1 aromatic carbocycles. The van der Waals surface area contributed by atoms with E-state index in [9.17, 15) is 8.78 Å². The van der Waals surface area contributed by atoms with Crippen LogP contribution >= 0.6 is 0 Å². The van der Waals surface area contributed by atoms with Crippen LogP contribution in [-0.4, -0.2) is 15.0 Å². The van der Waals surface area contributed by atoms with E-state index in [1.165, 1.54) is 12.3 Å². The number of nitrogens with two attached hydrogens (primary N) is 1. The molecule has 1 heterocycles. The number of benzene rings is 1. The highest BCUT2D eigenvalue weighted by Gasteiger charge is 2.20. The Morgan fingerprint density at radius 2 is 1.82 bits per heavy atom. The van der Waals surface area contributed by atoms with Gasteiger partial charge in [-0.05, 0) is 26.0 Å². The zero-order chi connectivity index (χ0) is 12.6. The van der Waals surface area contributed by atoms with Crippen molar-refractivity contribution in [3.63, 3.8) is 0 Å². The largest absolute Gasteiger partial charge is 0.320 e. The highest BCUT2D eigenvalue weighted by molar-refractivity contribution is 5.34. The van der Waals surface area contributed by atoms with Gasteiger partial charge in [-0.15, -0.1) is 5.10 Å². The normalized spacial score (nSPS) is 11.8. The minimum Gasteiger partial charge on any atom is -0.320 e. The van der Waals surface area contributed by atoms with Gasteiger partial charge in [0.05, 0.1) is 11.7 Å². The summed E-state index contributed by atoms with van der Waals surface area (Å²) in [5.74, 6) is -1.40. The third-order valence-electron chi connectivity index (χ3n) is 2.32. The number of hydrogen-bond acceptors (Lipinski definition) is 3. The average molecular weight is 238 g/mol. The van der Waals surface area contributed by atoms with E-state index in [0.29, 0.717) is 5.69 Å². The second-order valence-corrected chi connectivity index (χ2v) is 4.34. The first-order valence-corrected chi connectivity index (χ1v) is 5.05. The molecule has 0 saturated heterocycles. The number of rotatable bonds is 2. The molecule has 0 unspecified atom stereocenters. The Balaban J connectivity index is 2.51. The summed E-state index contributed by atoms with van der Waals surface area (Å²) in [5.41, 5.74) is 5.32. The Morgan fingerprint density at radius 1 is 1.24 bits per heavy atom. The Morgan fingerprint density at radius 3 is 2.29 bits per heavy atom. The van der Waals surface area contributed by atoms with Crippen molar-refractivity contribution in [2.45, 2.75) is 19.4 Å². The van der Waals surface area contributed by atoms with Crippen LogP contribution in [0.1, 0.15) is 19.5 Å². The zero-order valence-corrected chi connectivity index (χ0v) is 9.48. The van der Waals surface area contributed by atoms with E-state index < -0.39 is 17.2 Å². The first-order valence-electron chi connectivity index (χ1n) is 5.05. The lowest BCUT2D eigenvalue weighted by molar-refractivity contribution is 0.533. The molecule has 0 amide bonds. The number of aromatic nitrogens is 3. The van der Waals surface area contributed by atoms with Gasteiger partial charge in [0.2, 0.25) is 0 Å². The summed E-state index contributed by atoms with van der Waals surface area (Å²) >= 11 is 0. The minimum absolute atomic E-state index is 0.254. The summed E-state index contributed by atoms with van der Waals surface area (Å²) in [6.45, 7) is 3.47. The smallest absolute Gasteiger partial charge is 0.151 e. The predicted octanol–water partition coefficient (Wildman–Crippen LogP) is 1.74. The molecule has 0 aliphatic carbocycles. The topological polar surface area (TPSA) is 56.7 Å². The van der Waals surface area contributed by atoms with Crippen LogP contribution in [0.2, 0.25) is 0 Å². The Hall–Kier alpha value is -1.82. The van der Waals surface area contributed by atoms with Gasteiger partial charge in [-0.25, -0.2) is 13.5 Å². The number of hydrogen-bond donors (Lipinski definition) is 1. The molecule has 4 nitrogen and oxygen atoms in total. The molecule has 6 heteroatoms. The summed E-state index contributed by atoms with van der Waals surface area (Å²) in [6.07, 6.45) is 1.42. The molecule has 0 radical (unpaired) electrons. The van der Waals surface area contributed by atoms with Gasteiger partial charge in [0.25, 0.3) is 0 Å².